The molecule has 1 N–H and O–H groups in total. The number of hydrogen-bond acceptors (Lipinski definition) is 4. The summed E-state index contributed by atoms with van der Waals surface area (Å²) in [4.78, 5) is 39.1. The summed E-state index contributed by atoms with van der Waals surface area (Å²) in [6, 6.07) is 18.0. The number of piperidine rings is 1. The highest BCUT2D eigenvalue weighted by atomic mass is 16.4. The van der Waals surface area contributed by atoms with Crippen LogP contribution in [-0.4, -0.2) is 29.8 Å². The van der Waals surface area contributed by atoms with Crippen molar-refractivity contribution in [3.8, 4) is 0 Å². The molecule has 0 bridgehead atoms. The topological polar surface area (TPSA) is 79.6 Å². The molecule has 3 aromatic rings. The summed E-state index contributed by atoms with van der Waals surface area (Å²) >= 11 is 0. The Morgan fingerprint density at radius 2 is 1.64 bits per heavy atom. The van der Waals surface area contributed by atoms with Gasteiger partial charge in [-0.25, -0.2) is 4.79 Å². The summed E-state index contributed by atoms with van der Waals surface area (Å²) in [5.74, 6) is -0.540. The van der Waals surface area contributed by atoms with Crippen LogP contribution in [0.1, 0.15) is 23.2 Å². The zero-order valence-corrected chi connectivity index (χ0v) is 15.3. The lowest BCUT2D eigenvalue weighted by Crippen LogP contribution is -2.42. The first-order valence-electron chi connectivity index (χ1n) is 9.30. The van der Waals surface area contributed by atoms with E-state index in [1.807, 2.05) is 36.4 Å². The van der Waals surface area contributed by atoms with E-state index in [2.05, 4.69) is 5.32 Å². The minimum atomic E-state index is -0.632. The van der Waals surface area contributed by atoms with Gasteiger partial charge in [-0.05, 0) is 37.1 Å². The highest BCUT2D eigenvalue weighted by Crippen LogP contribution is 2.21. The van der Waals surface area contributed by atoms with E-state index in [9.17, 15) is 14.4 Å². The van der Waals surface area contributed by atoms with Crippen LogP contribution in [0, 0.1) is 5.92 Å². The lowest BCUT2D eigenvalue weighted by molar-refractivity contribution is -0.121. The van der Waals surface area contributed by atoms with Crippen LogP contribution in [0.25, 0.3) is 11.0 Å². The first-order chi connectivity index (χ1) is 13.6. The van der Waals surface area contributed by atoms with Crippen molar-refractivity contribution >= 4 is 28.5 Å². The number of likely N-dealkylation sites (tertiary alicyclic amines) is 1. The van der Waals surface area contributed by atoms with Crippen LogP contribution < -0.4 is 10.9 Å². The van der Waals surface area contributed by atoms with Crippen LogP contribution in [0.5, 0.6) is 0 Å². The van der Waals surface area contributed by atoms with E-state index < -0.39 is 5.63 Å². The maximum absolute atomic E-state index is 12.8. The largest absolute Gasteiger partial charge is 0.422 e. The third kappa shape index (κ3) is 3.67. The third-order valence-corrected chi connectivity index (χ3v) is 5.07. The van der Waals surface area contributed by atoms with Crippen LogP contribution in [0.4, 0.5) is 5.69 Å². The van der Waals surface area contributed by atoms with Gasteiger partial charge in [0.2, 0.25) is 5.91 Å². The number of benzene rings is 2. The lowest BCUT2D eigenvalue weighted by Gasteiger charge is -2.31. The number of rotatable bonds is 3. The summed E-state index contributed by atoms with van der Waals surface area (Å²) in [6.07, 6.45) is 1.12. The van der Waals surface area contributed by atoms with Gasteiger partial charge in [0.15, 0.2) is 0 Å². The highest BCUT2D eigenvalue weighted by molar-refractivity contribution is 5.97. The Hall–Kier alpha value is -3.41. The predicted molar refractivity (Wildman–Crippen MR) is 106 cm³/mol. The van der Waals surface area contributed by atoms with Crippen molar-refractivity contribution in [3.63, 3.8) is 0 Å². The van der Waals surface area contributed by atoms with Gasteiger partial charge in [-0.1, -0.05) is 36.4 Å². The van der Waals surface area contributed by atoms with Crippen molar-refractivity contribution in [2.45, 2.75) is 12.8 Å². The lowest BCUT2D eigenvalue weighted by atomic mass is 9.95. The Labute approximate surface area is 161 Å². The molecule has 4 rings (SSSR count). The van der Waals surface area contributed by atoms with Crippen LogP contribution >= 0.6 is 0 Å². The number of anilines is 1. The molecule has 6 heteroatoms. The third-order valence-electron chi connectivity index (χ3n) is 5.07. The molecule has 1 fully saturated rings. The number of amides is 2. The summed E-state index contributed by atoms with van der Waals surface area (Å²) < 4.78 is 5.26. The number of hydrogen-bond donors (Lipinski definition) is 1. The van der Waals surface area contributed by atoms with Gasteiger partial charge in [-0.2, -0.15) is 0 Å². The van der Waals surface area contributed by atoms with Crippen LogP contribution in [-0.2, 0) is 4.79 Å². The summed E-state index contributed by atoms with van der Waals surface area (Å²) in [7, 11) is 0. The van der Waals surface area contributed by atoms with Crippen LogP contribution in [0.15, 0.2) is 69.9 Å². The Morgan fingerprint density at radius 1 is 0.964 bits per heavy atom. The molecule has 0 atom stereocenters. The Morgan fingerprint density at radius 3 is 2.39 bits per heavy atom. The van der Waals surface area contributed by atoms with Gasteiger partial charge in [-0.15, -0.1) is 0 Å². The molecule has 0 radical (unpaired) electrons. The average Bonchev–Trinajstić information content (AvgIpc) is 2.73. The molecular weight excluding hydrogens is 356 g/mol. The van der Waals surface area contributed by atoms with E-state index in [0.29, 0.717) is 36.9 Å². The summed E-state index contributed by atoms with van der Waals surface area (Å²) in [6.45, 7) is 0.857. The average molecular weight is 376 g/mol. The second kappa shape index (κ2) is 7.68. The number of nitrogens with zero attached hydrogens (tertiary/aromatic N) is 1. The smallest absolute Gasteiger partial charge is 0.349 e. The zero-order valence-electron chi connectivity index (χ0n) is 15.3. The summed E-state index contributed by atoms with van der Waals surface area (Å²) in [5.41, 5.74) is 0.624. The first kappa shape index (κ1) is 18.0. The highest BCUT2D eigenvalue weighted by Gasteiger charge is 2.29. The molecule has 142 valence electrons. The molecule has 1 aliphatic rings. The van der Waals surface area contributed by atoms with Gasteiger partial charge in [0, 0.05) is 30.1 Å². The molecule has 28 heavy (non-hydrogen) atoms. The molecule has 1 aromatic heterocycles. The van der Waals surface area contributed by atoms with Crippen molar-refractivity contribution in [1.29, 1.82) is 0 Å². The number of fused-ring (bicyclic) bond motifs is 1. The molecule has 0 saturated carbocycles. The minimum absolute atomic E-state index is 0.0332. The van der Waals surface area contributed by atoms with Crippen molar-refractivity contribution in [2.24, 2.45) is 5.92 Å². The van der Waals surface area contributed by atoms with Gasteiger partial charge in [0.1, 0.15) is 11.1 Å². The van der Waals surface area contributed by atoms with Gasteiger partial charge in [0.05, 0.1) is 0 Å². The van der Waals surface area contributed by atoms with Gasteiger partial charge >= 0.3 is 5.63 Å². The molecule has 2 amide bonds. The fourth-order valence-electron chi connectivity index (χ4n) is 3.49. The Kier molecular flexibility index (Phi) is 4.93. The molecule has 1 saturated heterocycles. The second-order valence-corrected chi connectivity index (χ2v) is 6.91. The summed E-state index contributed by atoms with van der Waals surface area (Å²) in [5, 5.41) is 3.62. The molecular formula is C22H20N2O4. The van der Waals surface area contributed by atoms with E-state index in [1.54, 1.807) is 29.2 Å². The van der Waals surface area contributed by atoms with Crippen molar-refractivity contribution in [1.82, 2.24) is 4.90 Å². The van der Waals surface area contributed by atoms with Gasteiger partial charge < -0.3 is 14.6 Å². The monoisotopic (exact) mass is 376 g/mol. The molecule has 1 aliphatic heterocycles. The van der Waals surface area contributed by atoms with Crippen LogP contribution in [0.3, 0.4) is 0 Å². The van der Waals surface area contributed by atoms with E-state index in [0.717, 1.165) is 5.69 Å². The minimum Gasteiger partial charge on any atom is -0.422 e. The molecule has 2 heterocycles. The van der Waals surface area contributed by atoms with Gasteiger partial charge in [0.25, 0.3) is 5.91 Å². The van der Waals surface area contributed by atoms with Crippen molar-refractivity contribution in [2.75, 3.05) is 18.4 Å². The molecule has 2 aromatic carbocycles. The van der Waals surface area contributed by atoms with Gasteiger partial charge in [-0.3, -0.25) is 9.59 Å². The van der Waals surface area contributed by atoms with E-state index >= 15 is 0 Å². The number of nitrogens with one attached hydrogen (secondary N) is 1. The Balaban J connectivity index is 1.42. The van der Waals surface area contributed by atoms with Crippen molar-refractivity contribution < 1.29 is 14.0 Å². The fourth-order valence-corrected chi connectivity index (χ4v) is 3.49. The number of carbonyl (C=O) groups is 2. The normalized spacial score (nSPS) is 14.8. The maximum atomic E-state index is 12.8. The fraction of sp³-hybridized carbons (Fsp3) is 0.227. The van der Waals surface area contributed by atoms with Crippen molar-refractivity contribution in [3.05, 3.63) is 76.6 Å². The number of para-hydroxylation sites is 2. The van der Waals surface area contributed by atoms with Crippen LogP contribution in [0.2, 0.25) is 0 Å². The van der Waals surface area contributed by atoms with E-state index in [1.165, 1.54) is 0 Å². The molecule has 6 nitrogen and oxygen atoms in total. The standard InChI is InChI=1S/C22H20N2O4/c25-20(23-17-7-2-1-3-8-17)15-10-12-24(13-11-15)21(26)18-14-16-6-4-5-9-19(16)28-22(18)27/h1-9,14-15H,10-13H2,(H,23,25). The molecule has 0 unspecified atom stereocenters. The van der Waals surface area contributed by atoms with E-state index in [-0.39, 0.29) is 23.3 Å². The van der Waals surface area contributed by atoms with E-state index in [4.69, 9.17) is 4.42 Å². The number of carbonyl (C=O) groups excluding carboxylic acids is 2. The SMILES string of the molecule is O=C(Nc1ccccc1)C1CCN(C(=O)c2cc3ccccc3oc2=O)CC1. The zero-order chi connectivity index (χ0) is 19.5. The molecule has 0 aliphatic carbocycles. The maximum Gasteiger partial charge on any atom is 0.349 e. The molecule has 0 spiro atoms. The quantitative estimate of drug-likeness (QED) is 0.712. The predicted octanol–water partition coefficient (Wildman–Crippen LogP) is 3.28. The second-order valence-electron chi connectivity index (χ2n) is 6.91. The first-order valence-corrected chi connectivity index (χ1v) is 9.30. The Bertz CT molecular complexity index is 1070.